The van der Waals surface area contributed by atoms with E-state index >= 15 is 0 Å². The van der Waals surface area contributed by atoms with Gasteiger partial charge in [0.1, 0.15) is 5.75 Å². The van der Waals surface area contributed by atoms with Gasteiger partial charge in [-0.15, -0.1) is 12.4 Å². The quantitative estimate of drug-likeness (QED) is 0.849. The zero-order valence-corrected chi connectivity index (χ0v) is 12.7. The Morgan fingerprint density at radius 3 is 2.70 bits per heavy atom. The third-order valence-corrected chi connectivity index (χ3v) is 3.36. The Labute approximate surface area is 126 Å². The smallest absolute Gasteiger partial charge is 0.225 e. The molecule has 0 atom stereocenters. The maximum absolute atomic E-state index is 11.8. The lowest BCUT2D eigenvalue weighted by molar-refractivity contribution is -0.116. The number of anilines is 1. The maximum atomic E-state index is 11.8. The van der Waals surface area contributed by atoms with Crippen molar-refractivity contribution >= 4 is 24.0 Å². The van der Waals surface area contributed by atoms with Crippen molar-refractivity contribution in [3.05, 3.63) is 24.3 Å². The molecule has 1 aliphatic carbocycles. The van der Waals surface area contributed by atoms with Crippen LogP contribution in [0.15, 0.2) is 24.3 Å². The number of hydrogen-bond acceptors (Lipinski definition) is 3. The van der Waals surface area contributed by atoms with Crippen LogP contribution in [0.2, 0.25) is 0 Å². The fourth-order valence-electron chi connectivity index (χ4n) is 2.31. The molecule has 0 radical (unpaired) electrons. The number of nitrogens with one attached hydrogen (secondary N) is 2. The van der Waals surface area contributed by atoms with Crippen LogP contribution in [-0.4, -0.2) is 25.6 Å². The number of carbonyl (C=O) groups is 1. The first kappa shape index (κ1) is 16.8. The Kier molecular flexibility index (Phi) is 7.41. The molecule has 0 aliphatic heterocycles. The lowest BCUT2D eigenvalue weighted by atomic mass is 10.2. The standard InChI is InChI=1S/C15H22N2O2.ClH/c1-16-11-10-15(18)17-13-8-4-5-9-14(13)19-12-6-2-3-7-12;/h4-5,8-9,12,16H,2-3,6-7,10-11H2,1H3,(H,17,18);1H. The molecule has 20 heavy (non-hydrogen) atoms. The van der Waals surface area contributed by atoms with Crippen LogP contribution in [0.1, 0.15) is 32.1 Å². The summed E-state index contributed by atoms with van der Waals surface area (Å²) in [7, 11) is 1.84. The molecule has 5 heteroatoms. The minimum absolute atomic E-state index is 0. The van der Waals surface area contributed by atoms with Crippen LogP contribution in [-0.2, 0) is 4.79 Å². The molecule has 1 aromatic rings. The van der Waals surface area contributed by atoms with Gasteiger partial charge in [-0.05, 0) is 44.9 Å². The van der Waals surface area contributed by atoms with Gasteiger partial charge in [0, 0.05) is 13.0 Å². The molecule has 1 aromatic carbocycles. The van der Waals surface area contributed by atoms with Crippen molar-refractivity contribution in [1.29, 1.82) is 0 Å². The molecule has 0 heterocycles. The topological polar surface area (TPSA) is 50.4 Å². The van der Waals surface area contributed by atoms with Crippen molar-refractivity contribution in [3.63, 3.8) is 0 Å². The first-order chi connectivity index (χ1) is 9.29. The second-order valence-electron chi connectivity index (χ2n) is 4.92. The molecule has 2 N–H and O–H groups in total. The summed E-state index contributed by atoms with van der Waals surface area (Å²) in [5.41, 5.74) is 0.774. The zero-order chi connectivity index (χ0) is 13.5. The summed E-state index contributed by atoms with van der Waals surface area (Å²) >= 11 is 0. The van der Waals surface area contributed by atoms with Gasteiger partial charge >= 0.3 is 0 Å². The van der Waals surface area contributed by atoms with Gasteiger partial charge in [-0.1, -0.05) is 12.1 Å². The molecule has 1 amide bonds. The van der Waals surface area contributed by atoms with Crippen LogP contribution in [0.5, 0.6) is 5.75 Å². The maximum Gasteiger partial charge on any atom is 0.225 e. The second-order valence-corrected chi connectivity index (χ2v) is 4.92. The summed E-state index contributed by atoms with van der Waals surface area (Å²) in [6.07, 6.45) is 5.47. The van der Waals surface area contributed by atoms with Crippen molar-refractivity contribution in [2.45, 2.75) is 38.2 Å². The van der Waals surface area contributed by atoms with E-state index in [1.165, 1.54) is 12.8 Å². The number of halogens is 1. The summed E-state index contributed by atoms with van der Waals surface area (Å²) < 4.78 is 5.98. The lowest BCUT2D eigenvalue weighted by Gasteiger charge is -2.16. The first-order valence-corrected chi connectivity index (χ1v) is 6.99. The van der Waals surface area contributed by atoms with Crippen LogP contribution < -0.4 is 15.4 Å². The summed E-state index contributed by atoms with van der Waals surface area (Å²) in [5.74, 6) is 0.795. The van der Waals surface area contributed by atoms with Gasteiger partial charge in [0.25, 0.3) is 0 Å². The third-order valence-electron chi connectivity index (χ3n) is 3.36. The summed E-state index contributed by atoms with van der Waals surface area (Å²) in [6.45, 7) is 0.678. The Balaban J connectivity index is 0.00000200. The number of ether oxygens (including phenoxy) is 1. The molecule has 1 fully saturated rings. The predicted molar refractivity (Wildman–Crippen MR) is 83.7 cm³/mol. The van der Waals surface area contributed by atoms with Gasteiger partial charge in [0.05, 0.1) is 11.8 Å². The minimum atomic E-state index is 0. The molecule has 0 aromatic heterocycles. The normalized spacial score (nSPS) is 14.7. The SMILES string of the molecule is CNCCC(=O)Nc1ccccc1OC1CCCC1.Cl. The van der Waals surface area contributed by atoms with Gasteiger partial charge in [-0.3, -0.25) is 4.79 Å². The van der Waals surface area contributed by atoms with Gasteiger partial charge in [0.2, 0.25) is 5.91 Å². The number of benzene rings is 1. The van der Waals surface area contributed by atoms with Crippen LogP contribution in [0, 0.1) is 0 Å². The highest BCUT2D eigenvalue weighted by Crippen LogP contribution is 2.29. The Morgan fingerprint density at radius 2 is 2.00 bits per heavy atom. The summed E-state index contributed by atoms with van der Waals surface area (Å²) in [6, 6.07) is 7.66. The van der Waals surface area contributed by atoms with E-state index in [0.29, 0.717) is 19.1 Å². The average Bonchev–Trinajstić information content (AvgIpc) is 2.91. The van der Waals surface area contributed by atoms with E-state index in [-0.39, 0.29) is 18.3 Å². The molecule has 4 nitrogen and oxygen atoms in total. The monoisotopic (exact) mass is 298 g/mol. The van der Waals surface area contributed by atoms with Crippen molar-refractivity contribution in [3.8, 4) is 5.75 Å². The fraction of sp³-hybridized carbons (Fsp3) is 0.533. The molecule has 2 rings (SSSR count). The van der Waals surface area contributed by atoms with Crippen molar-refractivity contribution in [2.24, 2.45) is 0 Å². The molecule has 0 spiro atoms. The van der Waals surface area contributed by atoms with E-state index in [9.17, 15) is 4.79 Å². The van der Waals surface area contributed by atoms with E-state index in [1.807, 2.05) is 31.3 Å². The lowest BCUT2D eigenvalue weighted by Crippen LogP contribution is -2.19. The zero-order valence-electron chi connectivity index (χ0n) is 11.9. The van der Waals surface area contributed by atoms with Gasteiger partial charge in [0.15, 0.2) is 0 Å². The van der Waals surface area contributed by atoms with Crippen LogP contribution in [0.4, 0.5) is 5.69 Å². The second kappa shape index (κ2) is 8.82. The highest BCUT2D eigenvalue weighted by molar-refractivity contribution is 5.92. The van der Waals surface area contributed by atoms with Crippen molar-refractivity contribution < 1.29 is 9.53 Å². The Morgan fingerprint density at radius 1 is 1.30 bits per heavy atom. The summed E-state index contributed by atoms with van der Waals surface area (Å²) in [4.78, 5) is 11.8. The number of carbonyl (C=O) groups excluding carboxylic acids is 1. The Hall–Kier alpha value is -1.26. The Bertz CT molecular complexity index is 420. The number of rotatable bonds is 6. The predicted octanol–water partition coefficient (Wildman–Crippen LogP) is 2.98. The summed E-state index contributed by atoms with van der Waals surface area (Å²) in [5, 5.41) is 5.88. The molecule has 1 saturated carbocycles. The molecule has 0 bridgehead atoms. The van der Waals surface area contributed by atoms with Gasteiger partial charge in [-0.25, -0.2) is 0 Å². The molecule has 0 saturated heterocycles. The number of amides is 1. The average molecular weight is 299 g/mol. The molecule has 1 aliphatic rings. The van der Waals surface area contributed by atoms with Crippen molar-refractivity contribution in [1.82, 2.24) is 5.32 Å². The van der Waals surface area contributed by atoms with E-state index < -0.39 is 0 Å². The minimum Gasteiger partial charge on any atom is -0.488 e. The van der Waals surface area contributed by atoms with Gasteiger partial charge in [-0.2, -0.15) is 0 Å². The number of para-hydroxylation sites is 2. The molecular formula is C15H23ClN2O2. The van der Waals surface area contributed by atoms with Crippen LogP contribution in [0.25, 0.3) is 0 Å². The van der Waals surface area contributed by atoms with E-state index in [2.05, 4.69) is 10.6 Å². The fourth-order valence-corrected chi connectivity index (χ4v) is 2.31. The largest absolute Gasteiger partial charge is 0.488 e. The van der Waals surface area contributed by atoms with Crippen LogP contribution >= 0.6 is 12.4 Å². The molecule has 112 valence electrons. The molecule has 0 unspecified atom stereocenters. The number of hydrogen-bond donors (Lipinski definition) is 2. The van der Waals surface area contributed by atoms with Gasteiger partial charge < -0.3 is 15.4 Å². The van der Waals surface area contributed by atoms with E-state index in [0.717, 1.165) is 24.3 Å². The third kappa shape index (κ3) is 5.02. The van der Waals surface area contributed by atoms with Crippen molar-refractivity contribution in [2.75, 3.05) is 18.9 Å². The highest BCUT2D eigenvalue weighted by Gasteiger charge is 2.18. The highest BCUT2D eigenvalue weighted by atomic mass is 35.5. The van der Waals surface area contributed by atoms with E-state index in [1.54, 1.807) is 0 Å². The first-order valence-electron chi connectivity index (χ1n) is 6.99. The van der Waals surface area contributed by atoms with E-state index in [4.69, 9.17) is 4.74 Å². The molecular weight excluding hydrogens is 276 g/mol. The van der Waals surface area contributed by atoms with Crippen LogP contribution in [0.3, 0.4) is 0 Å².